The van der Waals surface area contributed by atoms with E-state index in [-0.39, 0.29) is 17.4 Å². The number of rotatable bonds is 3. The van der Waals surface area contributed by atoms with Gasteiger partial charge in [0.15, 0.2) is 0 Å². The number of carbonyl (C=O) groups excluding carboxylic acids is 1. The summed E-state index contributed by atoms with van der Waals surface area (Å²) in [5, 5.41) is 0.727. The van der Waals surface area contributed by atoms with Gasteiger partial charge in [0.2, 0.25) is 0 Å². The molecule has 1 aliphatic rings. The molecule has 22 heavy (non-hydrogen) atoms. The average molecular weight is 324 g/mol. The molecule has 0 aliphatic heterocycles. The Morgan fingerprint density at radius 2 is 2.00 bits per heavy atom. The summed E-state index contributed by atoms with van der Waals surface area (Å²) < 4.78 is 5.52. The molecule has 0 amide bonds. The van der Waals surface area contributed by atoms with E-state index < -0.39 is 5.60 Å². The second-order valence-electron chi connectivity index (χ2n) is 7.49. The lowest BCUT2D eigenvalue weighted by molar-refractivity contribution is -0.162. The summed E-state index contributed by atoms with van der Waals surface area (Å²) in [6, 6.07) is 7.78. The van der Waals surface area contributed by atoms with Gasteiger partial charge in [0, 0.05) is 10.6 Å². The lowest BCUT2D eigenvalue weighted by Crippen LogP contribution is -2.48. The minimum Gasteiger partial charge on any atom is -0.460 e. The van der Waals surface area contributed by atoms with Crippen LogP contribution in [0.5, 0.6) is 0 Å². The lowest BCUT2D eigenvalue weighted by Gasteiger charge is -2.38. The van der Waals surface area contributed by atoms with E-state index in [1.54, 1.807) is 0 Å². The van der Waals surface area contributed by atoms with Crippen LogP contribution in [0.4, 0.5) is 0 Å². The van der Waals surface area contributed by atoms with Crippen LogP contribution in [-0.4, -0.2) is 17.1 Å². The third kappa shape index (κ3) is 4.99. The molecule has 1 aromatic carbocycles. The summed E-state index contributed by atoms with van der Waals surface area (Å²) in [5.41, 5.74) is 6.96. The van der Waals surface area contributed by atoms with Gasteiger partial charge in [0.05, 0.1) is 5.92 Å². The highest BCUT2D eigenvalue weighted by Gasteiger charge is 2.37. The van der Waals surface area contributed by atoms with Gasteiger partial charge in [-0.1, -0.05) is 30.2 Å². The molecular formula is C18H26ClNO2. The van der Waals surface area contributed by atoms with Crippen molar-refractivity contribution in [3.63, 3.8) is 0 Å². The van der Waals surface area contributed by atoms with Crippen molar-refractivity contribution < 1.29 is 9.53 Å². The third-order valence-corrected chi connectivity index (χ3v) is 4.34. The van der Waals surface area contributed by atoms with Crippen LogP contribution in [0, 0.1) is 5.92 Å². The van der Waals surface area contributed by atoms with Crippen LogP contribution in [0.1, 0.15) is 52.0 Å². The van der Waals surface area contributed by atoms with Gasteiger partial charge in [-0.2, -0.15) is 0 Å². The molecule has 0 bridgehead atoms. The summed E-state index contributed by atoms with van der Waals surface area (Å²) in [6.45, 7) is 5.70. The van der Waals surface area contributed by atoms with Crippen molar-refractivity contribution in [2.45, 2.75) is 64.0 Å². The zero-order valence-electron chi connectivity index (χ0n) is 13.7. The average Bonchev–Trinajstić information content (AvgIpc) is 2.39. The van der Waals surface area contributed by atoms with E-state index in [4.69, 9.17) is 22.1 Å². The summed E-state index contributed by atoms with van der Waals surface area (Å²) in [5.74, 6) is -0.205. The molecule has 0 radical (unpaired) electrons. The molecular weight excluding hydrogens is 298 g/mol. The highest BCUT2D eigenvalue weighted by atomic mass is 35.5. The second-order valence-corrected chi connectivity index (χ2v) is 7.93. The number of esters is 1. The molecule has 0 heterocycles. The first kappa shape index (κ1) is 17.3. The normalized spacial score (nSPS) is 25.8. The fourth-order valence-electron chi connectivity index (χ4n) is 3.15. The summed E-state index contributed by atoms with van der Waals surface area (Å²) in [6.07, 6.45) is 4.23. The first-order valence-corrected chi connectivity index (χ1v) is 8.31. The topological polar surface area (TPSA) is 52.3 Å². The van der Waals surface area contributed by atoms with Crippen molar-refractivity contribution >= 4 is 17.6 Å². The standard InChI is InChI=1S/C18H26ClNO2/c1-17(2,3)22-16(21)14-5-4-10-18(20,12-14)11-13-6-8-15(19)9-7-13/h6-9,14H,4-5,10-12,20H2,1-3H3/t14?,18-/m1/s1. The number of halogens is 1. The van der Waals surface area contributed by atoms with Crippen molar-refractivity contribution in [3.05, 3.63) is 34.9 Å². The predicted octanol–water partition coefficient (Wildman–Crippen LogP) is 4.11. The van der Waals surface area contributed by atoms with Crippen LogP contribution < -0.4 is 5.73 Å². The molecule has 0 aromatic heterocycles. The highest BCUT2D eigenvalue weighted by molar-refractivity contribution is 6.30. The van der Waals surface area contributed by atoms with Crippen molar-refractivity contribution in [2.75, 3.05) is 0 Å². The van der Waals surface area contributed by atoms with E-state index >= 15 is 0 Å². The maximum absolute atomic E-state index is 12.3. The number of carbonyl (C=O) groups is 1. The van der Waals surface area contributed by atoms with E-state index in [1.807, 2.05) is 45.0 Å². The number of ether oxygens (including phenoxy) is 1. The summed E-state index contributed by atoms with van der Waals surface area (Å²) >= 11 is 5.92. The maximum Gasteiger partial charge on any atom is 0.309 e. The molecule has 1 aliphatic carbocycles. The number of nitrogens with two attached hydrogens (primary N) is 1. The summed E-state index contributed by atoms with van der Waals surface area (Å²) in [4.78, 5) is 12.3. The Kier molecular flexibility index (Phi) is 5.18. The zero-order chi connectivity index (χ0) is 16.4. The van der Waals surface area contributed by atoms with Crippen molar-refractivity contribution in [1.29, 1.82) is 0 Å². The van der Waals surface area contributed by atoms with Gasteiger partial charge in [-0.25, -0.2) is 0 Å². The van der Waals surface area contributed by atoms with Crippen LogP contribution in [0.2, 0.25) is 5.02 Å². The highest BCUT2D eigenvalue weighted by Crippen LogP contribution is 2.34. The van der Waals surface area contributed by atoms with Crippen molar-refractivity contribution in [1.82, 2.24) is 0 Å². The minimum atomic E-state index is -0.442. The Balaban J connectivity index is 2.02. The zero-order valence-corrected chi connectivity index (χ0v) is 14.5. The Bertz CT molecular complexity index is 521. The van der Waals surface area contributed by atoms with E-state index in [9.17, 15) is 4.79 Å². The van der Waals surface area contributed by atoms with Crippen molar-refractivity contribution in [2.24, 2.45) is 11.7 Å². The molecule has 1 fully saturated rings. The monoisotopic (exact) mass is 323 g/mol. The van der Waals surface area contributed by atoms with E-state index in [0.29, 0.717) is 6.42 Å². The molecule has 3 nitrogen and oxygen atoms in total. The Hall–Kier alpha value is -1.06. The fourth-order valence-corrected chi connectivity index (χ4v) is 3.28. The number of hydrogen-bond donors (Lipinski definition) is 1. The second kappa shape index (κ2) is 6.59. The van der Waals surface area contributed by atoms with Gasteiger partial charge in [-0.3, -0.25) is 4.79 Å². The van der Waals surface area contributed by atoms with Crippen LogP contribution in [0.25, 0.3) is 0 Å². The molecule has 1 aromatic rings. The summed E-state index contributed by atoms with van der Waals surface area (Å²) in [7, 11) is 0. The third-order valence-electron chi connectivity index (χ3n) is 4.09. The lowest BCUT2D eigenvalue weighted by atomic mass is 9.73. The minimum absolute atomic E-state index is 0.0923. The van der Waals surface area contributed by atoms with Gasteiger partial charge in [-0.15, -0.1) is 0 Å². The first-order valence-electron chi connectivity index (χ1n) is 7.93. The largest absolute Gasteiger partial charge is 0.460 e. The van der Waals surface area contributed by atoms with Crippen molar-refractivity contribution in [3.8, 4) is 0 Å². The molecule has 122 valence electrons. The Morgan fingerprint density at radius 1 is 1.36 bits per heavy atom. The maximum atomic E-state index is 12.3. The Labute approximate surface area is 138 Å². The Morgan fingerprint density at radius 3 is 2.59 bits per heavy atom. The molecule has 4 heteroatoms. The van der Waals surface area contributed by atoms with Gasteiger partial charge in [0.1, 0.15) is 5.60 Å². The number of hydrogen-bond acceptors (Lipinski definition) is 3. The molecule has 2 N–H and O–H groups in total. The molecule has 1 unspecified atom stereocenters. The van der Waals surface area contributed by atoms with Gasteiger partial charge in [-0.05, 0) is 64.2 Å². The molecule has 2 atom stereocenters. The molecule has 2 rings (SSSR count). The van der Waals surface area contributed by atoms with Crippen LogP contribution >= 0.6 is 11.6 Å². The van der Waals surface area contributed by atoms with Crippen LogP contribution in [-0.2, 0) is 16.0 Å². The molecule has 1 saturated carbocycles. The smallest absolute Gasteiger partial charge is 0.309 e. The van der Waals surface area contributed by atoms with Gasteiger partial charge < -0.3 is 10.5 Å². The van der Waals surface area contributed by atoms with E-state index in [2.05, 4.69) is 0 Å². The van der Waals surface area contributed by atoms with E-state index in [1.165, 1.54) is 0 Å². The first-order chi connectivity index (χ1) is 10.2. The SMILES string of the molecule is CC(C)(C)OC(=O)C1CCC[C@@](N)(Cc2ccc(Cl)cc2)C1. The van der Waals surface area contributed by atoms with Gasteiger partial charge >= 0.3 is 5.97 Å². The van der Waals surface area contributed by atoms with Crippen LogP contribution in [0.3, 0.4) is 0 Å². The predicted molar refractivity (Wildman–Crippen MR) is 89.9 cm³/mol. The van der Waals surface area contributed by atoms with Gasteiger partial charge in [0.25, 0.3) is 0 Å². The quantitative estimate of drug-likeness (QED) is 0.851. The number of benzene rings is 1. The molecule has 0 spiro atoms. The van der Waals surface area contributed by atoms with Crippen LogP contribution in [0.15, 0.2) is 24.3 Å². The molecule has 0 saturated heterocycles. The van der Waals surface area contributed by atoms with E-state index in [0.717, 1.165) is 36.3 Å². The fraction of sp³-hybridized carbons (Fsp3) is 0.611.